The summed E-state index contributed by atoms with van der Waals surface area (Å²) in [6, 6.07) is 0. The van der Waals surface area contributed by atoms with Crippen LogP contribution in [-0.2, 0) is 14.2 Å². The highest BCUT2D eigenvalue weighted by atomic mass is 16.5. The number of hydrogen-bond donors (Lipinski definition) is 1. The number of ether oxygens (including phenoxy) is 3. The molecule has 1 aliphatic heterocycles. The zero-order valence-electron chi connectivity index (χ0n) is 11.0. The van der Waals surface area contributed by atoms with Crippen LogP contribution in [0.3, 0.4) is 0 Å². The molecule has 7 nitrogen and oxygen atoms in total. The number of carbonyl (C=O) groups excluding carboxylic acids is 1. The number of nitrogens with one attached hydrogen (secondary N) is 1. The molecule has 0 spiro atoms. The molecule has 1 aromatic rings. The highest BCUT2D eigenvalue weighted by Crippen LogP contribution is 2.23. The fourth-order valence-corrected chi connectivity index (χ4v) is 1.94. The number of esters is 1. The van der Waals surface area contributed by atoms with E-state index in [1.54, 1.807) is 7.11 Å². The summed E-state index contributed by atoms with van der Waals surface area (Å²) >= 11 is 0. The number of aromatic nitrogens is 2. The molecule has 2 rings (SSSR count). The molecule has 19 heavy (non-hydrogen) atoms. The third kappa shape index (κ3) is 2.99. The fraction of sp³-hybridized carbons (Fsp3) is 0.583. The Balaban J connectivity index is 2.09. The summed E-state index contributed by atoms with van der Waals surface area (Å²) in [5.41, 5.74) is -0.0756. The van der Waals surface area contributed by atoms with E-state index < -0.39 is 5.97 Å². The molecule has 1 fully saturated rings. The van der Waals surface area contributed by atoms with Crippen molar-refractivity contribution in [2.24, 2.45) is 0 Å². The van der Waals surface area contributed by atoms with Gasteiger partial charge in [0.2, 0.25) is 0 Å². The lowest BCUT2D eigenvalue weighted by Crippen LogP contribution is -2.40. The van der Waals surface area contributed by atoms with Crippen LogP contribution in [0.1, 0.15) is 16.8 Å². The SMILES string of the molecule is COC(=O)c1cncnc1NCC1(OC)CCOC1. The number of rotatable bonds is 5. The maximum atomic E-state index is 11.6. The molecule has 0 aromatic carbocycles. The third-order valence-corrected chi connectivity index (χ3v) is 3.20. The predicted octanol–water partition coefficient (Wildman–Crippen LogP) is 0.481. The molecule has 0 amide bonds. The van der Waals surface area contributed by atoms with Gasteiger partial charge < -0.3 is 19.5 Å². The lowest BCUT2D eigenvalue weighted by atomic mass is 10.0. The smallest absolute Gasteiger partial charge is 0.343 e. The van der Waals surface area contributed by atoms with Crippen molar-refractivity contribution >= 4 is 11.8 Å². The van der Waals surface area contributed by atoms with Crippen LogP contribution in [0, 0.1) is 0 Å². The van der Waals surface area contributed by atoms with E-state index in [0.29, 0.717) is 31.1 Å². The summed E-state index contributed by atoms with van der Waals surface area (Å²) in [6.45, 7) is 1.70. The minimum absolute atomic E-state index is 0.301. The molecule has 1 atom stereocenters. The van der Waals surface area contributed by atoms with E-state index in [9.17, 15) is 4.79 Å². The Kier molecular flexibility index (Phi) is 4.28. The first-order valence-electron chi connectivity index (χ1n) is 5.96. The minimum atomic E-state index is -0.475. The monoisotopic (exact) mass is 267 g/mol. The van der Waals surface area contributed by atoms with Crippen molar-refractivity contribution in [3.8, 4) is 0 Å². The highest BCUT2D eigenvalue weighted by molar-refractivity contribution is 5.94. The topological polar surface area (TPSA) is 82.6 Å². The van der Waals surface area contributed by atoms with Crippen molar-refractivity contribution in [1.82, 2.24) is 9.97 Å². The maximum absolute atomic E-state index is 11.6. The summed E-state index contributed by atoms with van der Waals surface area (Å²) in [4.78, 5) is 19.5. The van der Waals surface area contributed by atoms with Crippen LogP contribution >= 0.6 is 0 Å². The molecule has 1 saturated heterocycles. The molecule has 0 bridgehead atoms. The van der Waals surface area contributed by atoms with Gasteiger partial charge in [0.15, 0.2) is 0 Å². The summed E-state index contributed by atoms with van der Waals surface area (Å²) in [7, 11) is 2.97. The second-order valence-electron chi connectivity index (χ2n) is 4.32. The average molecular weight is 267 g/mol. The number of nitrogens with zero attached hydrogens (tertiary/aromatic N) is 2. The fourth-order valence-electron chi connectivity index (χ4n) is 1.94. The number of carbonyl (C=O) groups is 1. The zero-order valence-corrected chi connectivity index (χ0v) is 11.0. The van der Waals surface area contributed by atoms with Crippen LogP contribution in [0.2, 0.25) is 0 Å². The lowest BCUT2D eigenvalue weighted by molar-refractivity contribution is -0.00628. The van der Waals surface area contributed by atoms with Crippen molar-refractivity contribution in [2.75, 3.05) is 39.3 Å². The van der Waals surface area contributed by atoms with Gasteiger partial charge in [-0.3, -0.25) is 0 Å². The van der Waals surface area contributed by atoms with E-state index in [1.807, 2.05) is 0 Å². The predicted molar refractivity (Wildman–Crippen MR) is 67.0 cm³/mol. The molecule has 1 unspecified atom stereocenters. The van der Waals surface area contributed by atoms with Gasteiger partial charge in [0.05, 0.1) is 13.7 Å². The molecular formula is C12H17N3O4. The van der Waals surface area contributed by atoms with Crippen molar-refractivity contribution in [2.45, 2.75) is 12.0 Å². The second kappa shape index (κ2) is 5.94. The van der Waals surface area contributed by atoms with E-state index in [2.05, 4.69) is 20.0 Å². The number of anilines is 1. The Bertz CT molecular complexity index is 446. The Morgan fingerprint density at radius 1 is 1.58 bits per heavy atom. The Morgan fingerprint density at radius 2 is 2.42 bits per heavy atom. The van der Waals surface area contributed by atoms with Crippen LogP contribution in [0.4, 0.5) is 5.82 Å². The van der Waals surface area contributed by atoms with Crippen LogP contribution in [0.15, 0.2) is 12.5 Å². The molecule has 0 aliphatic carbocycles. The van der Waals surface area contributed by atoms with Gasteiger partial charge in [0, 0.05) is 32.9 Å². The average Bonchev–Trinajstić information content (AvgIpc) is 2.94. The molecule has 1 aliphatic rings. The van der Waals surface area contributed by atoms with Crippen LogP contribution in [0.25, 0.3) is 0 Å². The first-order chi connectivity index (χ1) is 9.21. The number of methoxy groups -OCH3 is 2. The van der Waals surface area contributed by atoms with E-state index in [4.69, 9.17) is 9.47 Å². The van der Waals surface area contributed by atoms with Gasteiger partial charge in [-0.1, -0.05) is 0 Å². The largest absolute Gasteiger partial charge is 0.465 e. The highest BCUT2D eigenvalue weighted by Gasteiger charge is 2.35. The Hall–Kier alpha value is -1.73. The number of hydrogen-bond acceptors (Lipinski definition) is 7. The Labute approximate surface area is 111 Å². The van der Waals surface area contributed by atoms with E-state index >= 15 is 0 Å². The van der Waals surface area contributed by atoms with Crippen LogP contribution in [0.5, 0.6) is 0 Å². The summed E-state index contributed by atoms with van der Waals surface area (Å²) in [5, 5.41) is 3.11. The first kappa shape index (κ1) is 13.7. The van der Waals surface area contributed by atoms with E-state index in [-0.39, 0.29) is 5.60 Å². The lowest BCUT2D eigenvalue weighted by Gasteiger charge is -2.26. The molecule has 2 heterocycles. The summed E-state index contributed by atoms with van der Waals surface area (Å²) in [5.74, 6) is -0.0394. The van der Waals surface area contributed by atoms with E-state index in [1.165, 1.54) is 19.6 Å². The minimum Gasteiger partial charge on any atom is -0.465 e. The van der Waals surface area contributed by atoms with Gasteiger partial charge in [-0.05, 0) is 0 Å². The molecule has 1 aromatic heterocycles. The maximum Gasteiger partial charge on any atom is 0.343 e. The van der Waals surface area contributed by atoms with Gasteiger partial charge in [-0.15, -0.1) is 0 Å². The standard InChI is InChI=1S/C12H17N3O4/c1-17-11(16)9-5-13-8-15-10(9)14-6-12(18-2)3-4-19-7-12/h5,8H,3-4,6-7H2,1-2H3,(H,13,14,15). The summed E-state index contributed by atoms with van der Waals surface area (Å²) < 4.78 is 15.5. The van der Waals surface area contributed by atoms with Gasteiger partial charge in [-0.2, -0.15) is 0 Å². The van der Waals surface area contributed by atoms with Gasteiger partial charge in [0.25, 0.3) is 0 Å². The van der Waals surface area contributed by atoms with Crippen LogP contribution < -0.4 is 5.32 Å². The van der Waals surface area contributed by atoms with Crippen LogP contribution in [-0.4, -0.2) is 55.5 Å². The zero-order chi connectivity index (χ0) is 13.7. The molecule has 0 radical (unpaired) electrons. The molecule has 7 heteroatoms. The Morgan fingerprint density at radius 3 is 3.05 bits per heavy atom. The van der Waals surface area contributed by atoms with Gasteiger partial charge in [0.1, 0.15) is 23.3 Å². The molecular weight excluding hydrogens is 250 g/mol. The molecule has 0 saturated carbocycles. The molecule has 104 valence electrons. The van der Waals surface area contributed by atoms with E-state index in [0.717, 1.165) is 6.42 Å². The van der Waals surface area contributed by atoms with Gasteiger partial charge in [-0.25, -0.2) is 14.8 Å². The quantitative estimate of drug-likeness (QED) is 0.777. The first-order valence-corrected chi connectivity index (χ1v) is 5.96. The molecule has 1 N–H and O–H groups in total. The summed E-state index contributed by atoms with van der Waals surface area (Å²) in [6.07, 6.45) is 3.60. The normalized spacial score (nSPS) is 22.2. The van der Waals surface area contributed by atoms with Gasteiger partial charge >= 0.3 is 5.97 Å². The van der Waals surface area contributed by atoms with Crippen molar-refractivity contribution in [3.63, 3.8) is 0 Å². The van der Waals surface area contributed by atoms with Crippen molar-refractivity contribution < 1.29 is 19.0 Å². The van der Waals surface area contributed by atoms with Crippen molar-refractivity contribution in [1.29, 1.82) is 0 Å². The van der Waals surface area contributed by atoms with Crippen molar-refractivity contribution in [3.05, 3.63) is 18.1 Å². The second-order valence-corrected chi connectivity index (χ2v) is 4.32. The third-order valence-electron chi connectivity index (χ3n) is 3.20.